The number of imidazole rings is 1. The van der Waals surface area contributed by atoms with Crippen molar-refractivity contribution in [3.63, 3.8) is 0 Å². The summed E-state index contributed by atoms with van der Waals surface area (Å²) in [6, 6.07) is 16.8. The first-order chi connectivity index (χ1) is 16.0. The van der Waals surface area contributed by atoms with E-state index in [-0.39, 0.29) is 11.9 Å². The summed E-state index contributed by atoms with van der Waals surface area (Å²) in [5.41, 5.74) is 8.07. The summed E-state index contributed by atoms with van der Waals surface area (Å²) >= 11 is 2.93. The third kappa shape index (κ3) is 4.31. The van der Waals surface area contributed by atoms with E-state index in [0.717, 1.165) is 9.40 Å². The van der Waals surface area contributed by atoms with Crippen molar-refractivity contribution in [3.05, 3.63) is 76.5 Å². The zero-order valence-corrected chi connectivity index (χ0v) is 18.7. The molecule has 0 bridgehead atoms. The molecule has 0 saturated carbocycles. The normalized spacial score (nSPS) is 13.1. The number of thiophene rings is 2. The number of aliphatic hydroxyl groups excluding tert-OH is 1. The summed E-state index contributed by atoms with van der Waals surface area (Å²) in [6.07, 6.45) is -1.53. The standard InChI is InChI=1S/C23H19N5O3S2/c24-23-26-14-7-6-13(10-15(14)27-23)25-22(31)20(29)19(12-4-2-1-3-5-12)28-21(30)18-11-17-16(33-18)8-9-32-17/h1-11,19-20,29H,(H,25,31)(H,28,30)(H3,24,26,27). The van der Waals surface area contributed by atoms with E-state index in [2.05, 4.69) is 20.6 Å². The number of rotatable bonds is 6. The molecule has 0 fully saturated rings. The Bertz CT molecular complexity index is 1430. The van der Waals surface area contributed by atoms with Gasteiger partial charge in [0.1, 0.15) is 0 Å². The van der Waals surface area contributed by atoms with Crippen LogP contribution in [0.15, 0.2) is 66.0 Å². The van der Waals surface area contributed by atoms with Crippen LogP contribution in [0, 0.1) is 0 Å². The molecule has 2 unspecified atom stereocenters. The largest absolute Gasteiger partial charge is 0.381 e. The first kappa shape index (κ1) is 21.1. The van der Waals surface area contributed by atoms with Gasteiger partial charge in [-0.05, 0) is 41.3 Å². The van der Waals surface area contributed by atoms with Crippen LogP contribution in [-0.2, 0) is 4.79 Å². The highest BCUT2D eigenvalue weighted by Crippen LogP contribution is 2.30. The van der Waals surface area contributed by atoms with Crippen LogP contribution < -0.4 is 16.4 Å². The van der Waals surface area contributed by atoms with Crippen LogP contribution in [0.3, 0.4) is 0 Å². The molecule has 3 heterocycles. The molecule has 2 aromatic carbocycles. The number of hydrogen-bond acceptors (Lipinski definition) is 7. The van der Waals surface area contributed by atoms with Gasteiger partial charge >= 0.3 is 0 Å². The minimum absolute atomic E-state index is 0.272. The lowest BCUT2D eigenvalue weighted by molar-refractivity contribution is -0.125. The fourth-order valence-electron chi connectivity index (χ4n) is 3.57. The molecule has 10 heteroatoms. The van der Waals surface area contributed by atoms with Crippen molar-refractivity contribution in [1.82, 2.24) is 15.3 Å². The molecule has 0 saturated heterocycles. The molecule has 2 atom stereocenters. The van der Waals surface area contributed by atoms with Crippen LogP contribution in [0.25, 0.3) is 20.4 Å². The van der Waals surface area contributed by atoms with Crippen LogP contribution >= 0.6 is 22.7 Å². The lowest BCUT2D eigenvalue weighted by atomic mass is 10.0. The van der Waals surface area contributed by atoms with Crippen molar-refractivity contribution >= 4 is 66.6 Å². The number of H-pyrrole nitrogens is 1. The number of nitrogens with zero attached hydrogens (tertiary/aromatic N) is 1. The molecule has 6 N–H and O–H groups in total. The first-order valence-electron chi connectivity index (χ1n) is 10.0. The Hall–Kier alpha value is -3.73. The number of fused-ring (bicyclic) bond motifs is 2. The van der Waals surface area contributed by atoms with E-state index < -0.39 is 18.1 Å². The molecule has 3 aromatic heterocycles. The second-order valence-electron chi connectivity index (χ2n) is 7.41. The van der Waals surface area contributed by atoms with Crippen molar-refractivity contribution in [2.24, 2.45) is 0 Å². The van der Waals surface area contributed by atoms with Gasteiger partial charge in [0.05, 0.1) is 22.0 Å². The molecule has 8 nitrogen and oxygen atoms in total. The molecule has 166 valence electrons. The lowest BCUT2D eigenvalue weighted by Crippen LogP contribution is -2.42. The number of hydrogen-bond donors (Lipinski definition) is 5. The Morgan fingerprint density at radius 2 is 1.88 bits per heavy atom. The minimum Gasteiger partial charge on any atom is -0.381 e. The van der Waals surface area contributed by atoms with Crippen molar-refractivity contribution in [3.8, 4) is 0 Å². The predicted octanol–water partition coefficient (Wildman–Crippen LogP) is 3.89. The number of nitrogen functional groups attached to an aromatic ring is 1. The first-order valence-corrected chi connectivity index (χ1v) is 11.7. The van der Waals surface area contributed by atoms with Gasteiger partial charge < -0.3 is 26.5 Å². The fourth-order valence-corrected chi connectivity index (χ4v) is 5.58. The Morgan fingerprint density at radius 1 is 1.06 bits per heavy atom. The van der Waals surface area contributed by atoms with E-state index in [1.165, 1.54) is 11.3 Å². The van der Waals surface area contributed by atoms with Gasteiger partial charge in [0.15, 0.2) is 12.1 Å². The summed E-state index contributed by atoms with van der Waals surface area (Å²) in [7, 11) is 0. The average Bonchev–Trinajstić information content (AvgIpc) is 3.51. The van der Waals surface area contributed by atoms with Crippen molar-refractivity contribution in [2.75, 3.05) is 11.1 Å². The minimum atomic E-state index is -1.53. The summed E-state index contributed by atoms with van der Waals surface area (Å²) in [5, 5.41) is 18.4. The van der Waals surface area contributed by atoms with Gasteiger partial charge in [-0.3, -0.25) is 9.59 Å². The smallest absolute Gasteiger partial charge is 0.262 e. The van der Waals surface area contributed by atoms with Crippen LogP contribution in [-0.4, -0.2) is 33.0 Å². The summed E-state index contributed by atoms with van der Waals surface area (Å²) in [5.74, 6) is -0.726. The Morgan fingerprint density at radius 3 is 2.67 bits per heavy atom. The Balaban J connectivity index is 1.38. The summed E-state index contributed by atoms with van der Waals surface area (Å²) in [6.45, 7) is 0. The second kappa shape index (κ2) is 8.66. The number of aromatic nitrogens is 2. The SMILES string of the molecule is Nc1nc2ccc(NC(=O)C(O)C(NC(=O)c3cc4sccc4s3)c3ccccc3)cc2[nH]1. The maximum Gasteiger partial charge on any atom is 0.262 e. The highest BCUT2D eigenvalue weighted by molar-refractivity contribution is 7.27. The Labute approximate surface area is 196 Å². The average molecular weight is 478 g/mol. The number of carbonyl (C=O) groups excluding carboxylic acids is 2. The van der Waals surface area contributed by atoms with E-state index in [9.17, 15) is 14.7 Å². The van der Waals surface area contributed by atoms with Gasteiger partial charge in [-0.25, -0.2) is 4.98 Å². The molecule has 0 aliphatic carbocycles. The number of aromatic amines is 1. The van der Waals surface area contributed by atoms with Gasteiger partial charge in [0.25, 0.3) is 11.8 Å². The third-order valence-corrected chi connectivity index (χ3v) is 7.25. The molecule has 5 aromatic rings. The van der Waals surface area contributed by atoms with E-state index >= 15 is 0 Å². The van der Waals surface area contributed by atoms with E-state index in [4.69, 9.17) is 5.73 Å². The van der Waals surface area contributed by atoms with Crippen molar-refractivity contribution < 1.29 is 14.7 Å². The molecule has 0 aliphatic rings. The van der Waals surface area contributed by atoms with Gasteiger partial charge in [-0.2, -0.15) is 0 Å². The second-order valence-corrected chi connectivity index (χ2v) is 9.44. The number of nitrogens with one attached hydrogen (secondary N) is 3. The van der Waals surface area contributed by atoms with Crippen LogP contribution in [0.1, 0.15) is 21.3 Å². The fraction of sp³-hybridized carbons (Fsp3) is 0.0870. The maximum absolute atomic E-state index is 13.0. The monoisotopic (exact) mass is 477 g/mol. The number of nitrogens with two attached hydrogens (primary N) is 1. The number of carbonyl (C=O) groups is 2. The molecule has 33 heavy (non-hydrogen) atoms. The molecule has 0 aliphatic heterocycles. The van der Waals surface area contributed by atoms with Crippen LogP contribution in [0.2, 0.25) is 0 Å². The number of benzene rings is 2. The zero-order chi connectivity index (χ0) is 22.9. The lowest BCUT2D eigenvalue weighted by Gasteiger charge is -2.24. The predicted molar refractivity (Wildman–Crippen MR) is 131 cm³/mol. The highest BCUT2D eigenvalue weighted by Gasteiger charge is 2.30. The quantitative estimate of drug-likeness (QED) is 0.253. The molecular formula is C23H19N5O3S2. The highest BCUT2D eigenvalue weighted by atomic mass is 32.1. The topological polar surface area (TPSA) is 133 Å². The van der Waals surface area contributed by atoms with E-state index in [1.54, 1.807) is 53.8 Å². The molecule has 0 spiro atoms. The number of amides is 2. The molecule has 0 radical (unpaired) electrons. The van der Waals surface area contributed by atoms with Crippen LogP contribution in [0.5, 0.6) is 0 Å². The van der Waals surface area contributed by atoms with Crippen molar-refractivity contribution in [2.45, 2.75) is 12.1 Å². The van der Waals surface area contributed by atoms with E-state index in [0.29, 0.717) is 27.2 Å². The summed E-state index contributed by atoms with van der Waals surface area (Å²) in [4.78, 5) is 33.4. The summed E-state index contributed by atoms with van der Waals surface area (Å²) < 4.78 is 2.05. The van der Waals surface area contributed by atoms with Crippen molar-refractivity contribution in [1.29, 1.82) is 0 Å². The number of aliphatic hydroxyl groups is 1. The van der Waals surface area contributed by atoms with Crippen LogP contribution in [0.4, 0.5) is 11.6 Å². The number of anilines is 2. The molecule has 5 rings (SSSR count). The molecular weight excluding hydrogens is 458 g/mol. The maximum atomic E-state index is 13.0. The van der Waals surface area contributed by atoms with E-state index in [1.807, 2.05) is 23.6 Å². The zero-order valence-electron chi connectivity index (χ0n) is 17.1. The van der Waals surface area contributed by atoms with Gasteiger partial charge in [-0.1, -0.05) is 30.3 Å². The molecule has 2 amide bonds. The van der Waals surface area contributed by atoms with Gasteiger partial charge in [-0.15, -0.1) is 22.7 Å². The van der Waals surface area contributed by atoms with Gasteiger partial charge in [0, 0.05) is 15.1 Å². The Kier molecular flexibility index (Phi) is 5.55. The van der Waals surface area contributed by atoms with Gasteiger partial charge in [0.2, 0.25) is 0 Å². The third-order valence-electron chi connectivity index (χ3n) is 5.16.